The Morgan fingerprint density at radius 3 is 1.93 bits per heavy atom. The molecular weight excluding hydrogens is 424 g/mol. The van der Waals surface area contributed by atoms with E-state index in [1.165, 1.54) is 11.1 Å². The summed E-state index contributed by atoms with van der Waals surface area (Å²) in [5.74, 6) is 1.25. The molecule has 1 aromatic heterocycles. The van der Waals surface area contributed by atoms with Gasteiger partial charge in [0, 0.05) is 5.56 Å². The number of aromatic nitrogens is 2. The van der Waals surface area contributed by atoms with Gasteiger partial charge in [-0.1, -0.05) is 91.0 Å². The average Bonchev–Trinajstić information content (AvgIpc) is 3.11. The third-order valence-corrected chi connectivity index (χ3v) is 4.90. The Bertz CT molecular complexity index is 1040. The van der Waals surface area contributed by atoms with Gasteiger partial charge in [0.25, 0.3) is 5.82 Å². The minimum Gasteiger partial charge on any atom is -1.00 e. The molecule has 0 radical (unpaired) electrons. The quantitative estimate of drug-likeness (QED) is 0.310. The number of hydrogen-bond donors (Lipinski definition) is 0. The van der Waals surface area contributed by atoms with Gasteiger partial charge in [0.15, 0.2) is 6.54 Å². The number of halogens is 1. The van der Waals surface area contributed by atoms with Crippen molar-refractivity contribution in [1.29, 1.82) is 0 Å². The summed E-state index contributed by atoms with van der Waals surface area (Å²) < 4.78 is 4.31. The van der Waals surface area contributed by atoms with Crippen LogP contribution in [0.2, 0.25) is 0 Å². The van der Waals surface area contributed by atoms with E-state index >= 15 is 0 Å². The Balaban J connectivity index is 0.00000240. The van der Waals surface area contributed by atoms with Crippen LogP contribution in [0.15, 0.2) is 103 Å². The molecule has 0 N–H and O–H groups in total. The summed E-state index contributed by atoms with van der Waals surface area (Å²) in [6.45, 7) is 1.13. The number of ketones is 1. The van der Waals surface area contributed by atoms with E-state index in [0.717, 1.165) is 24.4 Å². The van der Waals surface area contributed by atoms with Crippen molar-refractivity contribution in [3.05, 3.63) is 126 Å². The number of benzene rings is 3. The summed E-state index contributed by atoms with van der Waals surface area (Å²) in [5.41, 5.74) is 3.22. The molecule has 3 nitrogen and oxygen atoms in total. The van der Waals surface area contributed by atoms with Crippen LogP contribution in [-0.2, 0) is 19.5 Å². The maximum Gasteiger partial charge on any atom is 0.261 e. The highest BCUT2D eigenvalue weighted by molar-refractivity contribution is 5.95. The molecule has 146 valence electrons. The van der Waals surface area contributed by atoms with Crippen molar-refractivity contribution in [3.8, 4) is 0 Å². The predicted octanol–water partition coefficient (Wildman–Crippen LogP) is 1.30. The highest BCUT2D eigenvalue weighted by Gasteiger charge is 2.20. The first-order chi connectivity index (χ1) is 13.8. The number of nitrogens with zero attached hydrogens (tertiary/aromatic N) is 2. The lowest BCUT2D eigenvalue weighted by Crippen LogP contribution is -3.00. The third-order valence-electron chi connectivity index (χ3n) is 4.90. The second-order valence-electron chi connectivity index (χ2n) is 6.91. The fourth-order valence-corrected chi connectivity index (χ4v) is 3.42. The number of rotatable bonds is 7. The predicted molar refractivity (Wildman–Crippen MR) is 110 cm³/mol. The summed E-state index contributed by atoms with van der Waals surface area (Å²) in [5, 5.41) is 0. The second-order valence-corrected chi connectivity index (χ2v) is 6.91. The van der Waals surface area contributed by atoms with Gasteiger partial charge < -0.3 is 17.0 Å². The minimum atomic E-state index is 0. The zero-order chi connectivity index (χ0) is 19.2. The molecule has 4 rings (SSSR count). The van der Waals surface area contributed by atoms with Gasteiger partial charge in [-0.3, -0.25) is 4.79 Å². The van der Waals surface area contributed by atoms with Crippen LogP contribution in [0.3, 0.4) is 0 Å². The maximum atomic E-state index is 12.8. The average molecular weight is 447 g/mol. The smallest absolute Gasteiger partial charge is 0.261 e. The van der Waals surface area contributed by atoms with Crippen molar-refractivity contribution in [2.24, 2.45) is 0 Å². The lowest BCUT2D eigenvalue weighted by molar-refractivity contribution is -0.695. The monoisotopic (exact) mass is 446 g/mol. The number of imidazole rings is 1. The lowest BCUT2D eigenvalue weighted by Gasteiger charge is -2.06. The molecule has 1 heterocycles. The van der Waals surface area contributed by atoms with E-state index in [-0.39, 0.29) is 22.8 Å². The Kier molecular flexibility index (Phi) is 7.14. The van der Waals surface area contributed by atoms with E-state index < -0.39 is 0 Å². The molecule has 29 heavy (non-hydrogen) atoms. The van der Waals surface area contributed by atoms with E-state index in [1.54, 1.807) is 0 Å². The molecule has 3 aromatic carbocycles. The molecule has 0 unspecified atom stereocenters. The fraction of sp³-hybridized carbons (Fsp3) is 0.120. The molecule has 0 spiro atoms. The zero-order valence-electron chi connectivity index (χ0n) is 16.1. The highest BCUT2D eigenvalue weighted by atomic mass is 79.9. The summed E-state index contributed by atoms with van der Waals surface area (Å²) in [7, 11) is 0. The molecule has 0 saturated carbocycles. The van der Waals surface area contributed by atoms with Gasteiger partial charge in [0.05, 0.1) is 6.42 Å². The minimum absolute atomic E-state index is 0. The van der Waals surface area contributed by atoms with Gasteiger partial charge in [0.2, 0.25) is 5.78 Å². The van der Waals surface area contributed by atoms with Crippen molar-refractivity contribution in [3.63, 3.8) is 0 Å². The molecule has 4 heteroatoms. The van der Waals surface area contributed by atoms with E-state index in [1.807, 2.05) is 48.7 Å². The van der Waals surface area contributed by atoms with Crippen LogP contribution in [0, 0.1) is 0 Å². The van der Waals surface area contributed by atoms with Gasteiger partial charge in [-0.25, -0.2) is 9.13 Å². The van der Waals surface area contributed by atoms with Crippen molar-refractivity contribution in [1.82, 2.24) is 4.57 Å². The van der Waals surface area contributed by atoms with Crippen molar-refractivity contribution in [2.45, 2.75) is 19.5 Å². The van der Waals surface area contributed by atoms with Crippen molar-refractivity contribution in [2.75, 3.05) is 0 Å². The Hall–Kier alpha value is -2.98. The van der Waals surface area contributed by atoms with Crippen LogP contribution in [0.1, 0.15) is 27.3 Å². The highest BCUT2D eigenvalue weighted by Crippen LogP contribution is 2.10. The van der Waals surface area contributed by atoms with Crippen LogP contribution in [-0.4, -0.2) is 10.4 Å². The van der Waals surface area contributed by atoms with Crippen LogP contribution >= 0.6 is 0 Å². The van der Waals surface area contributed by atoms with E-state index in [4.69, 9.17) is 0 Å². The summed E-state index contributed by atoms with van der Waals surface area (Å²) in [6.07, 6.45) is 4.87. The van der Waals surface area contributed by atoms with Gasteiger partial charge in [-0.2, -0.15) is 0 Å². The Morgan fingerprint density at radius 1 is 0.759 bits per heavy atom. The first-order valence-corrected chi connectivity index (χ1v) is 9.53. The molecule has 0 saturated heterocycles. The summed E-state index contributed by atoms with van der Waals surface area (Å²) >= 11 is 0. The molecule has 4 aromatic rings. The molecular formula is C25H23BrN2O. The Morgan fingerprint density at radius 2 is 1.31 bits per heavy atom. The molecule has 0 atom stereocenters. The second kappa shape index (κ2) is 9.99. The van der Waals surface area contributed by atoms with Gasteiger partial charge in [-0.15, -0.1) is 0 Å². The molecule has 0 bridgehead atoms. The molecule has 0 aliphatic carbocycles. The molecule has 0 aliphatic heterocycles. The summed E-state index contributed by atoms with van der Waals surface area (Å²) in [6, 6.07) is 30.3. The van der Waals surface area contributed by atoms with Crippen LogP contribution in [0.25, 0.3) is 0 Å². The lowest BCUT2D eigenvalue weighted by atomic mass is 10.1. The summed E-state index contributed by atoms with van der Waals surface area (Å²) in [4.78, 5) is 12.8. The zero-order valence-corrected chi connectivity index (χ0v) is 17.7. The van der Waals surface area contributed by atoms with E-state index in [9.17, 15) is 4.79 Å². The number of hydrogen-bond acceptors (Lipinski definition) is 1. The standard InChI is InChI=1S/C25H23N2O.BrH/c28-24(23-14-8-3-9-15-23)20-27-17-16-26(19-22-12-6-2-7-13-22)25(27)18-21-10-4-1-5-11-21;/h1-17H,18-20H2;1H/q+1;/p-1. The van der Waals surface area contributed by atoms with Gasteiger partial charge in [-0.05, 0) is 11.1 Å². The number of carbonyl (C=O) groups excluding carboxylic acids is 1. The van der Waals surface area contributed by atoms with Crippen LogP contribution in [0.5, 0.6) is 0 Å². The largest absolute Gasteiger partial charge is 1.00 e. The molecule has 0 aliphatic rings. The normalized spacial score (nSPS) is 10.3. The van der Waals surface area contributed by atoms with E-state index in [0.29, 0.717) is 6.54 Å². The van der Waals surface area contributed by atoms with Crippen LogP contribution < -0.4 is 21.5 Å². The van der Waals surface area contributed by atoms with Crippen molar-refractivity contribution < 1.29 is 26.3 Å². The first kappa shape index (κ1) is 20.7. The van der Waals surface area contributed by atoms with Gasteiger partial charge in [0.1, 0.15) is 18.9 Å². The number of Topliss-reactive ketones (excluding diaryl/α,β-unsaturated/α-hetero) is 1. The van der Waals surface area contributed by atoms with Crippen LogP contribution in [0.4, 0.5) is 0 Å². The molecule has 0 amide bonds. The van der Waals surface area contributed by atoms with Crippen molar-refractivity contribution >= 4 is 5.78 Å². The first-order valence-electron chi connectivity index (χ1n) is 9.53. The SMILES string of the molecule is O=C(Cn1cc[n+](Cc2ccccc2)c1Cc1ccccc1)c1ccccc1.[Br-]. The molecule has 0 fully saturated rings. The maximum absolute atomic E-state index is 12.8. The van der Waals surface area contributed by atoms with E-state index in [2.05, 4.69) is 63.9 Å². The number of carbonyl (C=O) groups is 1. The third kappa shape index (κ3) is 5.30. The topological polar surface area (TPSA) is 25.9 Å². The van der Waals surface area contributed by atoms with Gasteiger partial charge >= 0.3 is 0 Å². The Labute approximate surface area is 182 Å². The fourth-order valence-electron chi connectivity index (χ4n) is 3.42.